The van der Waals surface area contributed by atoms with Crippen LogP contribution in [0.15, 0.2) is 48.5 Å². The first-order valence-electron chi connectivity index (χ1n) is 8.78. The molecule has 3 rings (SSSR count). The summed E-state index contributed by atoms with van der Waals surface area (Å²) in [6.07, 6.45) is 0. The first-order valence-corrected chi connectivity index (χ1v) is 8.78. The molecule has 0 heterocycles. The second kappa shape index (κ2) is 6.63. The fourth-order valence-electron chi connectivity index (χ4n) is 3.59. The Kier molecular flexibility index (Phi) is 4.62. The predicted octanol–water partition coefficient (Wildman–Crippen LogP) is 4.32. The molecule has 4 heteroatoms. The van der Waals surface area contributed by atoms with Gasteiger partial charge in [0.25, 0.3) is 0 Å². The van der Waals surface area contributed by atoms with Crippen molar-refractivity contribution in [1.29, 1.82) is 0 Å². The lowest BCUT2D eigenvalue weighted by molar-refractivity contribution is 0.122. The van der Waals surface area contributed by atoms with E-state index in [2.05, 4.69) is 0 Å². The van der Waals surface area contributed by atoms with E-state index in [0.29, 0.717) is 38.9 Å². The largest absolute Gasteiger partial charge is 0.508 e. The van der Waals surface area contributed by atoms with Gasteiger partial charge in [0, 0.05) is 5.56 Å². The highest BCUT2D eigenvalue weighted by Crippen LogP contribution is 2.44. The maximum Gasteiger partial charge on any atom is 0.144 e. The summed E-state index contributed by atoms with van der Waals surface area (Å²) in [7, 11) is 0. The summed E-state index contributed by atoms with van der Waals surface area (Å²) < 4.78 is 0. The number of aliphatic hydroxyl groups is 1. The minimum Gasteiger partial charge on any atom is -0.508 e. The van der Waals surface area contributed by atoms with Gasteiger partial charge in [-0.3, -0.25) is 0 Å². The van der Waals surface area contributed by atoms with Crippen LogP contribution in [-0.4, -0.2) is 20.4 Å². The number of rotatable bonds is 3. The van der Waals surface area contributed by atoms with Crippen molar-refractivity contribution in [1.82, 2.24) is 0 Å². The zero-order valence-corrected chi connectivity index (χ0v) is 15.9. The van der Waals surface area contributed by atoms with Gasteiger partial charge in [0.2, 0.25) is 0 Å². The predicted molar refractivity (Wildman–Crippen MR) is 105 cm³/mol. The third-order valence-corrected chi connectivity index (χ3v) is 5.11. The average molecular weight is 364 g/mol. The lowest BCUT2D eigenvalue weighted by Crippen LogP contribution is -2.29. The second-order valence-corrected chi connectivity index (χ2v) is 7.14. The van der Waals surface area contributed by atoms with Crippen LogP contribution in [0, 0.1) is 27.7 Å². The van der Waals surface area contributed by atoms with Crippen LogP contribution in [0.4, 0.5) is 0 Å². The van der Waals surface area contributed by atoms with Crippen LogP contribution >= 0.6 is 0 Å². The van der Waals surface area contributed by atoms with Gasteiger partial charge in [-0.25, -0.2) is 0 Å². The van der Waals surface area contributed by atoms with Gasteiger partial charge >= 0.3 is 0 Å². The lowest BCUT2D eigenvalue weighted by Gasteiger charge is -2.32. The van der Waals surface area contributed by atoms with Gasteiger partial charge in [-0.1, -0.05) is 18.2 Å². The van der Waals surface area contributed by atoms with E-state index in [1.165, 1.54) is 6.07 Å². The third kappa shape index (κ3) is 3.02. The quantitative estimate of drug-likeness (QED) is 0.522. The average Bonchev–Trinajstić information content (AvgIpc) is 2.63. The fraction of sp³-hybridized carbons (Fsp3) is 0.217. The number of aromatic hydroxyl groups is 3. The van der Waals surface area contributed by atoms with Crippen LogP contribution in [0.5, 0.6) is 17.2 Å². The molecule has 0 spiro atoms. The molecular formula is C23H24O4. The molecular weight excluding hydrogens is 340 g/mol. The summed E-state index contributed by atoms with van der Waals surface area (Å²) in [5.41, 5.74) is 2.26. The Morgan fingerprint density at radius 1 is 0.630 bits per heavy atom. The zero-order valence-electron chi connectivity index (χ0n) is 15.9. The first kappa shape index (κ1) is 18.8. The van der Waals surface area contributed by atoms with Gasteiger partial charge in [0.05, 0.1) is 0 Å². The van der Waals surface area contributed by atoms with Gasteiger partial charge < -0.3 is 20.4 Å². The van der Waals surface area contributed by atoms with Gasteiger partial charge in [0.1, 0.15) is 22.8 Å². The molecule has 0 aliphatic heterocycles. The van der Waals surface area contributed by atoms with Crippen molar-refractivity contribution >= 4 is 0 Å². The van der Waals surface area contributed by atoms with Crippen molar-refractivity contribution in [3.63, 3.8) is 0 Å². The number of phenolic OH excluding ortho intramolecular Hbond substituents is 3. The SMILES string of the molecule is Cc1cc(C(O)(c2cc(C)c(O)c(C)c2)c2ccccc2O)cc(C)c1O. The molecule has 140 valence electrons. The third-order valence-electron chi connectivity index (χ3n) is 5.11. The van der Waals surface area contributed by atoms with E-state index in [-0.39, 0.29) is 17.2 Å². The summed E-state index contributed by atoms with van der Waals surface area (Å²) in [5.74, 6) is 0.319. The van der Waals surface area contributed by atoms with E-state index in [0.717, 1.165) is 0 Å². The topological polar surface area (TPSA) is 80.9 Å². The summed E-state index contributed by atoms with van der Waals surface area (Å²) in [6, 6.07) is 13.5. The summed E-state index contributed by atoms with van der Waals surface area (Å²) in [4.78, 5) is 0. The number of aryl methyl sites for hydroxylation is 4. The smallest absolute Gasteiger partial charge is 0.144 e. The van der Waals surface area contributed by atoms with Crippen LogP contribution in [0.1, 0.15) is 38.9 Å². The Morgan fingerprint density at radius 3 is 1.37 bits per heavy atom. The molecule has 0 aliphatic rings. The normalized spacial score (nSPS) is 11.6. The Balaban J connectivity index is 2.40. The monoisotopic (exact) mass is 364 g/mol. The lowest BCUT2D eigenvalue weighted by atomic mass is 9.78. The zero-order chi connectivity index (χ0) is 19.9. The van der Waals surface area contributed by atoms with Crippen LogP contribution in [0.3, 0.4) is 0 Å². The molecule has 27 heavy (non-hydrogen) atoms. The molecule has 0 atom stereocenters. The van der Waals surface area contributed by atoms with Crippen molar-refractivity contribution < 1.29 is 20.4 Å². The Morgan fingerprint density at radius 2 is 1.00 bits per heavy atom. The first-order chi connectivity index (χ1) is 12.7. The van der Waals surface area contributed by atoms with Crippen LogP contribution < -0.4 is 0 Å². The van der Waals surface area contributed by atoms with Crippen molar-refractivity contribution in [3.05, 3.63) is 87.5 Å². The number of hydrogen-bond acceptors (Lipinski definition) is 4. The fourth-order valence-corrected chi connectivity index (χ4v) is 3.59. The van der Waals surface area contributed by atoms with Gasteiger partial charge in [0.15, 0.2) is 0 Å². The van der Waals surface area contributed by atoms with E-state index in [1.54, 1.807) is 70.2 Å². The molecule has 0 saturated carbocycles. The van der Waals surface area contributed by atoms with Gasteiger partial charge in [-0.2, -0.15) is 0 Å². The Labute approximate surface area is 159 Å². The van der Waals surface area contributed by atoms with Crippen LogP contribution in [0.2, 0.25) is 0 Å². The molecule has 4 nitrogen and oxygen atoms in total. The van der Waals surface area contributed by atoms with Crippen molar-refractivity contribution in [3.8, 4) is 17.2 Å². The maximum absolute atomic E-state index is 12.0. The van der Waals surface area contributed by atoms with E-state index in [1.807, 2.05) is 0 Å². The highest BCUT2D eigenvalue weighted by atomic mass is 16.3. The maximum atomic E-state index is 12.0. The van der Waals surface area contributed by atoms with Crippen molar-refractivity contribution in [2.45, 2.75) is 33.3 Å². The van der Waals surface area contributed by atoms with E-state index >= 15 is 0 Å². The summed E-state index contributed by atoms with van der Waals surface area (Å²) >= 11 is 0. The van der Waals surface area contributed by atoms with Gasteiger partial charge in [-0.15, -0.1) is 0 Å². The highest BCUT2D eigenvalue weighted by Gasteiger charge is 2.37. The second-order valence-electron chi connectivity index (χ2n) is 7.14. The number of hydrogen-bond donors (Lipinski definition) is 4. The number of benzene rings is 3. The van der Waals surface area contributed by atoms with Gasteiger partial charge in [-0.05, 0) is 91.4 Å². The number of para-hydroxylation sites is 1. The highest BCUT2D eigenvalue weighted by molar-refractivity contribution is 5.57. The van der Waals surface area contributed by atoms with Crippen molar-refractivity contribution in [2.24, 2.45) is 0 Å². The molecule has 0 radical (unpaired) electrons. The minimum absolute atomic E-state index is 0.0354. The molecule has 0 aliphatic carbocycles. The Bertz CT molecular complexity index is 917. The molecule has 0 bridgehead atoms. The molecule has 3 aromatic carbocycles. The van der Waals surface area contributed by atoms with Crippen molar-refractivity contribution in [2.75, 3.05) is 0 Å². The molecule has 0 fully saturated rings. The standard InChI is InChI=1S/C23H24O4/c1-13-9-17(10-14(2)21(13)25)23(27,19-7-5-6-8-20(19)24)18-11-15(3)22(26)16(4)12-18/h5-12,24-27H,1-4H3. The Hall–Kier alpha value is -2.98. The minimum atomic E-state index is -1.65. The van der Waals surface area contributed by atoms with Crippen LogP contribution in [0.25, 0.3) is 0 Å². The van der Waals surface area contributed by atoms with E-state index < -0.39 is 5.60 Å². The molecule has 0 aromatic heterocycles. The van der Waals surface area contributed by atoms with E-state index in [4.69, 9.17) is 0 Å². The van der Waals surface area contributed by atoms with E-state index in [9.17, 15) is 20.4 Å². The molecule has 4 N–H and O–H groups in total. The summed E-state index contributed by atoms with van der Waals surface area (Å²) in [5, 5.41) is 42.8. The molecule has 0 saturated heterocycles. The molecule has 0 unspecified atom stereocenters. The molecule has 3 aromatic rings. The molecule has 0 amide bonds. The van der Waals surface area contributed by atoms with Crippen LogP contribution in [-0.2, 0) is 5.60 Å². The summed E-state index contributed by atoms with van der Waals surface area (Å²) in [6.45, 7) is 7.07. The number of phenols is 3.